The van der Waals surface area contributed by atoms with Gasteiger partial charge in [0.05, 0.1) is 0 Å². The molecular weight excluding hydrogens is 302 g/mol. The van der Waals surface area contributed by atoms with Gasteiger partial charge in [-0.2, -0.15) is 0 Å². The number of hydrogen-bond donors (Lipinski definition) is 3. The molecule has 0 unspecified atom stereocenters. The standard InChI is InChI=1S/C19H21N3S/c1-13-8-9-18-17(12-13)16(14(2)21-18)10-11-20-19(23)22-15-6-4-3-5-7-15/h3-9,12,21H,10-11H2,1-2H3,(H2,20,22,23). The first-order chi connectivity index (χ1) is 11.1. The van der Waals surface area contributed by atoms with Crippen molar-refractivity contribution < 1.29 is 0 Å². The lowest BCUT2D eigenvalue weighted by atomic mass is 10.1. The van der Waals surface area contributed by atoms with Crippen LogP contribution in [0.2, 0.25) is 0 Å². The van der Waals surface area contributed by atoms with Gasteiger partial charge in [0.1, 0.15) is 0 Å². The van der Waals surface area contributed by atoms with E-state index in [4.69, 9.17) is 12.2 Å². The molecule has 3 rings (SSSR count). The van der Waals surface area contributed by atoms with Crippen molar-refractivity contribution in [3.8, 4) is 0 Å². The number of benzene rings is 2. The summed E-state index contributed by atoms with van der Waals surface area (Å²) in [7, 11) is 0. The summed E-state index contributed by atoms with van der Waals surface area (Å²) in [6.45, 7) is 5.06. The van der Waals surface area contributed by atoms with Crippen LogP contribution >= 0.6 is 12.2 Å². The maximum Gasteiger partial charge on any atom is 0.170 e. The smallest absolute Gasteiger partial charge is 0.170 e. The van der Waals surface area contributed by atoms with Crippen molar-refractivity contribution in [3.63, 3.8) is 0 Å². The minimum absolute atomic E-state index is 0.657. The first-order valence-electron chi connectivity index (χ1n) is 7.81. The highest BCUT2D eigenvalue weighted by molar-refractivity contribution is 7.80. The normalized spacial score (nSPS) is 10.7. The Hall–Kier alpha value is -2.33. The first-order valence-corrected chi connectivity index (χ1v) is 8.22. The number of aryl methyl sites for hydroxylation is 2. The fraction of sp³-hybridized carbons (Fsp3) is 0.211. The topological polar surface area (TPSA) is 39.9 Å². The molecule has 4 heteroatoms. The maximum atomic E-state index is 5.35. The number of nitrogens with one attached hydrogen (secondary N) is 3. The zero-order valence-corrected chi connectivity index (χ0v) is 14.3. The number of anilines is 1. The number of hydrogen-bond acceptors (Lipinski definition) is 1. The summed E-state index contributed by atoms with van der Waals surface area (Å²) in [5.74, 6) is 0. The number of para-hydroxylation sites is 1. The molecule has 0 aliphatic rings. The highest BCUT2D eigenvalue weighted by Crippen LogP contribution is 2.23. The molecule has 1 aromatic heterocycles. The van der Waals surface area contributed by atoms with Gasteiger partial charge >= 0.3 is 0 Å². The van der Waals surface area contributed by atoms with Crippen LogP contribution in [0.25, 0.3) is 10.9 Å². The van der Waals surface area contributed by atoms with Gasteiger partial charge in [0.25, 0.3) is 0 Å². The largest absolute Gasteiger partial charge is 0.362 e. The molecular formula is C19H21N3S. The summed E-state index contributed by atoms with van der Waals surface area (Å²) in [5, 5.41) is 8.45. The van der Waals surface area contributed by atoms with Crippen molar-refractivity contribution in [1.29, 1.82) is 0 Å². The van der Waals surface area contributed by atoms with E-state index in [1.807, 2.05) is 30.3 Å². The zero-order chi connectivity index (χ0) is 16.2. The molecule has 3 aromatic rings. The molecule has 0 fully saturated rings. The Labute approximate surface area is 142 Å². The van der Waals surface area contributed by atoms with Crippen LogP contribution in [0.1, 0.15) is 16.8 Å². The van der Waals surface area contributed by atoms with Gasteiger partial charge in [0, 0.05) is 28.8 Å². The van der Waals surface area contributed by atoms with Crippen LogP contribution in [0, 0.1) is 13.8 Å². The minimum Gasteiger partial charge on any atom is -0.362 e. The molecule has 0 bridgehead atoms. The Morgan fingerprint density at radius 1 is 1.09 bits per heavy atom. The van der Waals surface area contributed by atoms with Crippen LogP contribution in [0.15, 0.2) is 48.5 Å². The number of thiocarbonyl (C=S) groups is 1. The molecule has 23 heavy (non-hydrogen) atoms. The minimum atomic E-state index is 0.657. The van der Waals surface area contributed by atoms with E-state index in [-0.39, 0.29) is 0 Å². The van der Waals surface area contributed by atoms with Crippen LogP contribution in [0.4, 0.5) is 5.69 Å². The molecule has 0 amide bonds. The van der Waals surface area contributed by atoms with E-state index in [1.54, 1.807) is 0 Å². The fourth-order valence-corrected chi connectivity index (χ4v) is 3.04. The molecule has 0 saturated carbocycles. The average Bonchev–Trinajstić information content (AvgIpc) is 2.84. The Morgan fingerprint density at radius 3 is 2.65 bits per heavy atom. The Balaban J connectivity index is 1.61. The van der Waals surface area contributed by atoms with Crippen LogP contribution in [-0.2, 0) is 6.42 Å². The fourth-order valence-electron chi connectivity index (χ4n) is 2.82. The molecule has 2 aromatic carbocycles. The number of fused-ring (bicyclic) bond motifs is 1. The van der Waals surface area contributed by atoms with Crippen molar-refractivity contribution in [2.75, 3.05) is 11.9 Å². The molecule has 0 radical (unpaired) electrons. The Bertz CT molecular complexity index is 821. The van der Waals surface area contributed by atoms with Crippen LogP contribution in [0.5, 0.6) is 0 Å². The van der Waals surface area contributed by atoms with Crippen LogP contribution in [-0.4, -0.2) is 16.6 Å². The Kier molecular flexibility index (Phi) is 4.63. The lowest BCUT2D eigenvalue weighted by Gasteiger charge is -2.10. The van der Waals surface area contributed by atoms with Gasteiger partial charge in [-0.05, 0) is 62.3 Å². The molecule has 1 heterocycles. The summed E-state index contributed by atoms with van der Waals surface area (Å²) < 4.78 is 0. The third kappa shape index (κ3) is 3.71. The van der Waals surface area contributed by atoms with E-state index < -0.39 is 0 Å². The third-order valence-corrected chi connectivity index (χ3v) is 4.21. The van der Waals surface area contributed by atoms with Gasteiger partial charge in [0.15, 0.2) is 5.11 Å². The predicted octanol–water partition coefficient (Wildman–Crippen LogP) is 4.31. The summed E-state index contributed by atoms with van der Waals surface area (Å²) in [4.78, 5) is 3.46. The van der Waals surface area contributed by atoms with E-state index in [0.717, 1.165) is 18.7 Å². The van der Waals surface area contributed by atoms with Crippen molar-refractivity contribution in [3.05, 3.63) is 65.4 Å². The average molecular weight is 323 g/mol. The predicted molar refractivity (Wildman–Crippen MR) is 102 cm³/mol. The summed E-state index contributed by atoms with van der Waals surface area (Å²) in [5.41, 5.74) is 6.08. The zero-order valence-electron chi connectivity index (χ0n) is 13.4. The third-order valence-electron chi connectivity index (χ3n) is 3.97. The van der Waals surface area contributed by atoms with E-state index in [9.17, 15) is 0 Å². The van der Waals surface area contributed by atoms with E-state index in [0.29, 0.717) is 5.11 Å². The van der Waals surface area contributed by atoms with E-state index >= 15 is 0 Å². The molecule has 0 saturated heterocycles. The van der Waals surface area contributed by atoms with Gasteiger partial charge in [-0.3, -0.25) is 0 Å². The van der Waals surface area contributed by atoms with Crippen molar-refractivity contribution in [2.45, 2.75) is 20.3 Å². The van der Waals surface area contributed by atoms with E-state index in [2.05, 4.69) is 47.7 Å². The van der Waals surface area contributed by atoms with Gasteiger partial charge < -0.3 is 15.6 Å². The summed E-state index contributed by atoms with van der Waals surface area (Å²) in [6, 6.07) is 16.5. The molecule has 118 valence electrons. The summed E-state index contributed by atoms with van der Waals surface area (Å²) >= 11 is 5.35. The van der Waals surface area contributed by atoms with Crippen LogP contribution in [0.3, 0.4) is 0 Å². The number of aromatic nitrogens is 1. The Morgan fingerprint density at radius 2 is 1.87 bits per heavy atom. The molecule has 0 atom stereocenters. The maximum absolute atomic E-state index is 5.35. The molecule has 0 aliphatic carbocycles. The van der Waals surface area contributed by atoms with Gasteiger partial charge in [-0.15, -0.1) is 0 Å². The quantitative estimate of drug-likeness (QED) is 0.626. The summed E-state index contributed by atoms with van der Waals surface area (Å²) in [6.07, 6.45) is 0.936. The SMILES string of the molecule is Cc1ccc2[nH]c(C)c(CCNC(=S)Nc3ccccc3)c2c1. The van der Waals surface area contributed by atoms with Gasteiger partial charge in [0.2, 0.25) is 0 Å². The van der Waals surface area contributed by atoms with Crippen LogP contribution < -0.4 is 10.6 Å². The highest BCUT2D eigenvalue weighted by Gasteiger charge is 2.08. The lowest BCUT2D eigenvalue weighted by molar-refractivity contribution is 0.871. The second-order valence-corrected chi connectivity index (χ2v) is 6.18. The van der Waals surface area contributed by atoms with Crippen molar-refractivity contribution in [1.82, 2.24) is 10.3 Å². The molecule has 3 N–H and O–H groups in total. The number of H-pyrrole nitrogens is 1. The van der Waals surface area contributed by atoms with Crippen molar-refractivity contribution in [2.24, 2.45) is 0 Å². The first kappa shape index (κ1) is 15.6. The molecule has 3 nitrogen and oxygen atoms in total. The second kappa shape index (κ2) is 6.84. The monoisotopic (exact) mass is 323 g/mol. The number of rotatable bonds is 4. The van der Waals surface area contributed by atoms with Crippen molar-refractivity contribution >= 4 is 33.9 Å². The molecule has 0 aliphatic heterocycles. The lowest BCUT2D eigenvalue weighted by Crippen LogP contribution is -2.30. The van der Waals surface area contributed by atoms with E-state index in [1.165, 1.54) is 27.7 Å². The van der Waals surface area contributed by atoms with Gasteiger partial charge in [-0.1, -0.05) is 29.8 Å². The molecule has 0 spiro atoms. The number of aromatic amines is 1. The van der Waals surface area contributed by atoms with Gasteiger partial charge in [-0.25, -0.2) is 0 Å². The highest BCUT2D eigenvalue weighted by atomic mass is 32.1. The second-order valence-electron chi connectivity index (χ2n) is 5.77.